The first-order valence-electron chi connectivity index (χ1n) is 6.56. The van der Waals surface area contributed by atoms with Crippen molar-refractivity contribution in [1.29, 1.82) is 0 Å². The third-order valence-electron chi connectivity index (χ3n) is 3.23. The van der Waals surface area contributed by atoms with E-state index >= 15 is 0 Å². The van der Waals surface area contributed by atoms with Crippen LogP contribution >= 0.6 is 0 Å². The molecule has 1 amide bonds. The van der Waals surface area contributed by atoms with Crippen LogP contribution in [0.4, 0.5) is 13.2 Å². The van der Waals surface area contributed by atoms with Crippen molar-refractivity contribution in [2.75, 3.05) is 6.61 Å². The van der Waals surface area contributed by atoms with Crippen LogP contribution in [0.15, 0.2) is 0 Å². The smallest absolute Gasteiger partial charge is 0.369 e. The van der Waals surface area contributed by atoms with Crippen molar-refractivity contribution in [1.82, 2.24) is 5.32 Å². The van der Waals surface area contributed by atoms with Gasteiger partial charge in [0.1, 0.15) is 6.61 Å². The maximum atomic E-state index is 12.1. The highest BCUT2D eigenvalue weighted by molar-refractivity contribution is 5.81. The molecule has 0 spiro atoms. The molecule has 1 aliphatic rings. The highest BCUT2D eigenvalue weighted by Gasteiger charge is 2.31. The largest absolute Gasteiger partial charge is 0.411 e. The second-order valence-corrected chi connectivity index (χ2v) is 4.94. The Morgan fingerprint density at radius 2 is 2.16 bits per heavy atom. The van der Waals surface area contributed by atoms with Crippen LogP contribution in [0.3, 0.4) is 0 Å². The van der Waals surface area contributed by atoms with Crippen LogP contribution in [0, 0.1) is 0 Å². The number of hydrogen-bond donors (Lipinski definition) is 2. The minimum atomic E-state index is -4.30. The number of nitrogens with one attached hydrogen (secondary N) is 1. The molecule has 4 nitrogen and oxygen atoms in total. The number of carbonyl (C=O) groups excluding carboxylic acids is 1. The van der Waals surface area contributed by atoms with Crippen LogP contribution in [-0.4, -0.2) is 36.9 Å². The van der Waals surface area contributed by atoms with Crippen LogP contribution < -0.4 is 11.1 Å². The summed E-state index contributed by atoms with van der Waals surface area (Å²) in [5, 5.41) is 2.77. The van der Waals surface area contributed by atoms with E-state index in [9.17, 15) is 18.0 Å². The van der Waals surface area contributed by atoms with Crippen LogP contribution in [-0.2, 0) is 9.53 Å². The maximum Gasteiger partial charge on any atom is 0.411 e. The van der Waals surface area contributed by atoms with Crippen molar-refractivity contribution >= 4 is 5.91 Å². The molecule has 112 valence electrons. The molecule has 3 N–H and O–H groups in total. The Labute approximate surface area is 110 Å². The Balaban J connectivity index is 2.36. The summed E-state index contributed by atoms with van der Waals surface area (Å²) < 4.78 is 41.0. The summed E-state index contributed by atoms with van der Waals surface area (Å²) in [4.78, 5) is 11.6. The van der Waals surface area contributed by atoms with Crippen molar-refractivity contribution < 1.29 is 22.7 Å². The summed E-state index contributed by atoms with van der Waals surface area (Å²) >= 11 is 0. The van der Waals surface area contributed by atoms with Crippen molar-refractivity contribution in [3.05, 3.63) is 0 Å². The predicted octanol–water partition coefficient (Wildman–Crippen LogP) is 1.73. The monoisotopic (exact) mass is 282 g/mol. The van der Waals surface area contributed by atoms with Gasteiger partial charge < -0.3 is 15.8 Å². The molecule has 0 aliphatic heterocycles. The van der Waals surface area contributed by atoms with Gasteiger partial charge in [-0.1, -0.05) is 6.92 Å². The lowest BCUT2D eigenvalue weighted by atomic mass is 9.92. The van der Waals surface area contributed by atoms with Crippen LogP contribution in [0.5, 0.6) is 0 Å². The van der Waals surface area contributed by atoms with Crippen molar-refractivity contribution in [3.63, 3.8) is 0 Å². The molecule has 0 aromatic rings. The number of rotatable bonds is 5. The Bertz CT molecular complexity index is 297. The fraction of sp³-hybridized carbons (Fsp3) is 0.917. The van der Waals surface area contributed by atoms with E-state index in [2.05, 4.69) is 5.32 Å². The summed E-state index contributed by atoms with van der Waals surface area (Å²) in [6.07, 6.45) is -1.70. The lowest BCUT2D eigenvalue weighted by molar-refractivity contribution is -0.188. The standard InChI is InChI=1S/C12H21F3N2O2/c1-2-10(16)11(18)17-8-4-3-5-9(6-8)19-7-12(13,14)15/h8-10H,2-7,16H2,1H3,(H,17,18)/t8?,9?,10-/m0/s1. The van der Waals surface area contributed by atoms with Crippen molar-refractivity contribution in [2.24, 2.45) is 5.73 Å². The van der Waals surface area contributed by atoms with Crippen molar-refractivity contribution in [3.8, 4) is 0 Å². The zero-order valence-electron chi connectivity index (χ0n) is 11.0. The number of hydrogen-bond acceptors (Lipinski definition) is 3. The average Bonchev–Trinajstić information content (AvgIpc) is 2.35. The van der Waals surface area contributed by atoms with E-state index in [-0.39, 0.29) is 11.9 Å². The highest BCUT2D eigenvalue weighted by Crippen LogP contribution is 2.24. The number of nitrogens with two attached hydrogens (primary N) is 1. The SMILES string of the molecule is CC[C@H](N)C(=O)NC1CCCC(OCC(F)(F)F)C1. The van der Waals surface area contributed by atoms with Gasteiger partial charge in [-0.3, -0.25) is 4.79 Å². The molecular weight excluding hydrogens is 261 g/mol. The molecular formula is C12H21F3N2O2. The van der Waals surface area contributed by atoms with E-state index in [1.54, 1.807) is 6.92 Å². The van der Waals surface area contributed by atoms with Crippen LogP contribution in [0.25, 0.3) is 0 Å². The molecule has 19 heavy (non-hydrogen) atoms. The van der Waals surface area contributed by atoms with E-state index in [0.29, 0.717) is 19.3 Å². The second-order valence-electron chi connectivity index (χ2n) is 4.94. The Kier molecular flexibility index (Phi) is 6.06. The molecule has 1 saturated carbocycles. The lowest BCUT2D eigenvalue weighted by Crippen LogP contribution is -2.47. The Morgan fingerprint density at radius 1 is 1.47 bits per heavy atom. The quantitative estimate of drug-likeness (QED) is 0.807. The molecule has 3 atom stereocenters. The van der Waals surface area contributed by atoms with E-state index in [1.807, 2.05) is 0 Å². The van der Waals surface area contributed by atoms with Gasteiger partial charge in [0.05, 0.1) is 12.1 Å². The normalized spacial score (nSPS) is 25.9. The number of halogens is 3. The van der Waals surface area contributed by atoms with E-state index in [1.165, 1.54) is 0 Å². The Morgan fingerprint density at radius 3 is 2.74 bits per heavy atom. The van der Waals surface area contributed by atoms with Gasteiger partial charge in [0.25, 0.3) is 0 Å². The third kappa shape index (κ3) is 6.24. The molecule has 1 fully saturated rings. The van der Waals surface area contributed by atoms with Crippen LogP contribution in [0.2, 0.25) is 0 Å². The first-order chi connectivity index (χ1) is 8.81. The highest BCUT2D eigenvalue weighted by atomic mass is 19.4. The topological polar surface area (TPSA) is 64.4 Å². The number of alkyl halides is 3. The fourth-order valence-corrected chi connectivity index (χ4v) is 2.13. The number of amides is 1. The second kappa shape index (κ2) is 7.09. The molecule has 0 heterocycles. The van der Waals surface area contributed by atoms with Gasteiger partial charge in [-0.15, -0.1) is 0 Å². The fourth-order valence-electron chi connectivity index (χ4n) is 2.13. The molecule has 0 radical (unpaired) electrons. The number of ether oxygens (including phenoxy) is 1. The van der Waals surface area contributed by atoms with Gasteiger partial charge in [-0.2, -0.15) is 13.2 Å². The molecule has 1 aliphatic carbocycles. The summed E-state index contributed by atoms with van der Waals surface area (Å²) in [5.41, 5.74) is 5.59. The van der Waals surface area contributed by atoms with Crippen LogP contribution in [0.1, 0.15) is 39.0 Å². The van der Waals surface area contributed by atoms with E-state index in [4.69, 9.17) is 10.5 Å². The summed E-state index contributed by atoms with van der Waals surface area (Å²) in [6.45, 7) is 0.577. The maximum absolute atomic E-state index is 12.1. The zero-order chi connectivity index (χ0) is 14.5. The average molecular weight is 282 g/mol. The van der Waals surface area contributed by atoms with E-state index in [0.717, 1.165) is 12.8 Å². The molecule has 0 saturated heterocycles. The predicted molar refractivity (Wildman–Crippen MR) is 64.5 cm³/mol. The third-order valence-corrected chi connectivity index (χ3v) is 3.23. The molecule has 2 unspecified atom stereocenters. The molecule has 0 aromatic heterocycles. The Hall–Kier alpha value is -0.820. The van der Waals surface area contributed by atoms with Gasteiger partial charge >= 0.3 is 6.18 Å². The molecule has 7 heteroatoms. The molecule has 0 bridgehead atoms. The molecule has 1 rings (SSSR count). The van der Waals surface area contributed by atoms with Gasteiger partial charge in [-0.25, -0.2) is 0 Å². The number of carbonyl (C=O) groups is 1. The summed E-state index contributed by atoms with van der Waals surface area (Å²) in [5.74, 6) is -0.246. The summed E-state index contributed by atoms with van der Waals surface area (Å²) in [6, 6.07) is -0.700. The van der Waals surface area contributed by atoms with E-state index < -0.39 is 24.9 Å². The first-order valence-corrected chi connectivity index (χ1v) is 6.56. The van der Waals surface area contributed by atoms with Gasteiger partial charge in [0.2, 0.25) is 5.91 Å². The van der Waals surface area contributed by atoms with Crippen molar-refractivity contribution in [2.45, 2.75) is 63.4 Å². The van der Waals surface area contributed by atoms with Gasteiger partial charge in [-0.05, 0) is 32.1 Å². The van der Waals surface area contributed by atoms with Gasteiger partial charge in [0.15, 0.2) is 0 Å². The summed E-state index contributed by atoms with van der Waals surface area (Å²) in [7, 11) is 0. The minimum absolute atomic E-state index is 0.142. The zero-order valence-corrected chi connectivity index (χ0v) is 11.0. The van der Waals surface area contributed by atoms with Gasteiger partial charge in [0, 0.05) is 6.04 Å². The molecule has 0 aromatic carbocycles. The lowest BCUT2D eigenvalue weighted by Gasteiger charge is -2.30. The minimum Gasteiger partial charge on any atom is -0.369 e. The first kappa shape index (κ1) is 16.2.